The van der Waals surface area contributed by atoms with Gasteiger partial charge in [-0.2, -0.15) is 0 Å². The van der Waals surface area contributed by atoms with Crippen molar-refractivity contribution in [2.75, 3.05) is 26.4 Å². The standard InChI is InChI=1S/C46H49NO10/c1-9-30(6)47-41-18-16-35(43(48)33-12-10-14-37(24-33)56-31(7)52-20-22-54-45(50)28(2)3)26-39(41)40-27-36(17-19-42(40)47)44(49)34-13-11-15-38(25-34)57-32(8)53-21-23-55-46(51)29(4)5/h10-19,24-27,30-32H,2,4,9,20-23H2,1,3,5-8H3. The predicted molar refractivity (Wildman–Crippen MR) is 218 cm³/mol. The highest BCUT2D eigenvalue weighted by Gasteiger charge is 2.20. The number of carbonyl (C=O) groups excluding carboxylic acids is 4. The average Bonchev–Trinajstić information content (AvgIpc) is 3.53. The van der Waals surface area contributed by atoms with Crippen LogP contribution in [-0.2, 0) is 28.5 Å². The maximum Gasteiger partial charge on any atom is 0.333 e. The molecule has 0 aliphatic rings. The summed E-state index contributed by atoms with van der Waals surface area (Å²) in [5.41, 5.74) is 4.36. The van der Waals surface area contributed by atoms with E-state index in [4.69, 9.17) is 28.4 Å². The van der Waals surface area contributed by atoms with Crippen LogP contribution in [0.1, 0.15) is 85.8 Å². The Kier molecular flexibility index (Phi) is 14.2. The van der Waals surface area contributed by atoms with Gasteiger partial charge in [-0.15, -0.1) is 0 Å². The molecule has 0 radical (unpaired) electrons. The average molecular weight is 776 g/mol. The number of esters is 2. The van der Waals surface area contributed by atoms with Crippen molar-refractivity contribution in [3.63, 3.8) is 0 Å². The summed E-state index contributed by atoms with van der Waals surface area (Å²) in [5.74, 6) is -0.464. The minimum atomic E-state index is -0.664. The van der Waals surface area contributed by atoms with Crippen molar-refractivity contribution in [1.82, 2.24) is 4.57 Å². The summed E-state index contributed by atoms with van der Waals surface area (Å²) in [6.45, 7) is 18.3. The zero-order valence-electron chi connectivity index (χ0n) is 33.3. The van der Waals surface area contributed by atoms with E-state index in [1.807, 2.05) is 36.4 Å². The molecular weight excluding hydrogens is 727 g/mol. The fraction of sp³-hybridized carbons (Fsp3) is 0.304. The van der Waals surface area contributed by atoms with E-state index in [1.54, 1.807) is 76.2 Å². The maximum absolute atomic E-state index is 13.9. The number of ether oxygens (including phenoxy) is 6. The Hall–Kier alpha value is -6.04. The molecule has 0 spiro atoms. The summed E-state index contributed by atoms with van der Waals surface area (Å²) in [5, 5.41) is 1.70. The number of carbonyl (C=O) groups is 4. The highest BCUT2D eigenvalue weighted by atomic mass is 16.7. The van der Waals surface area contributed by atoms with Gasteiger partial charge in [-0.3, -0.25) is 9.59 Å². The van der Waals surface area contributed by atoms with Gasteiger partial charge in [0.15, 0.2) is 24.1 Å². The number of nitrogens with zero attached hydrogens (tertiary/aromatic N) is 1. The molecule has 0 aliphatic heterocycles. The molecule has 0 fully saturated rings. The van der Waals surface area contributed by atoms with Crippen LogP contribution in [0.2, 0.25) is 0 Å². The molecule has 0 saturated heterocycles. The first-order valence-corrected chi connectivity index (χ1v) is 18.9. The van der Waals surface area contributed by atoms with Gasteiger partial charge < -0.3 is 33.0 Å². The van der Waals surface area contributed by atoms with Crippen LogP contribution in [0.25, 0.3) is 21.8 Å². The van der Waals surface area contributed by atoms with E-state index >= 15 is 0 Å². The zero-order valence-corrected chi connectivity index (χ0v) is 33.3. The first kappa shape index (κ1) is 42.1. The Balaban J connectivity index is 1.35. The zero-order chi connectivity index (χ0) is 41.2. The van der Waals surface area contributed by atoms with Crippen LogP contribution in [0.15, 0.2) is 109 Å². The largest absolute Gasteiger partial charge is 0.465 e. The maximum atomic E-state index is 13.9. The number of rotatable bonds is 20. The molecule has 1 heterocycles. The van der Waals surface area contributed by atoms with Gasteiger partial charge in [0.2, 0.25) is 0 Å². The summed E-state index contributed by atoms with van der Waals surface area (Å²) >= 11 is 0. The molecule has 0 N–H and O–H groups in total. The van der Waals surface area contributed by atoms with Gasteiger partial charge in [-0.1, -0.05) is 44.3 Å². The molecule has 57 heavy (non-hydrogen) atoms. The lowest BCUT2D eigenvalue weighted by Gasteiger charge is -2.16. The third kappa shape index (κ3) is 10.6. The van der Waals surface area contributed by atoms with Gasteiger partial charge in [0.25, 0.3) is 0 Å². The minimum Gasteiger partial charge on any atom is -0.465 e. The molecule has 298 valence electrons. The highest BCUT2D eigenvalue weighted by Crippen LogP contribution is 2.35. The molecule has 0 bridgehead atoms. The lowest BCUT2D eigenvalue weighted by Crippen LogP contribution is -2.20. The van der Waals surface area contributed by atoms with Crippen molar-refractivity contribution >= 4 is 45.3 Å². The number of fused-ring (bicyclic) bond motifs is 3. The quantitative estimate of drug-likeness (QED) is 0.0249. The van der Waals surface area contributed by atoms with E-state index in [-0.39, 0.29) is 44.0 Å². The summed E-state index contributed by atoms with van der Waals surface area (Å²) in [4.78, 5) is 51.1. The lowest BCUT2D eigenvalue weighted by atomic mass is 9.99. The van der Waals surface area contributed by atoms with E-state index in [0.717, 1.165) is 28.2 Å². The Bertz CT molecular complexity index is 2150. The second-order valence-electron chi connectivity index (χ2n) is 13.8. The Labute approximate surface area is 332 Å². The van der Waals surface area contributed by atoms with Crippen molar-refractivity contribution in [3.05, 3.63) is 131 Å². The van der Waals surface area contributed by atoms with Crippen LogP contribution in [0, 0.1) is 0 Å². The fourth-order valence-electron chi connectivity index (χ4n) is 6.14. The number of hydrogen-bond donors (Lipinski definition) is 0. The first-order valence-electron chi connectivity index (χ1n) is 18.9. The van der Waals surface area contributed by atoms with Crippen molar-refractivity contribution < 1.29 is 47.6 Å². The van der Waals surface area contributed by atoms with E-state index in [0.29, 0.717) is 44.9 Å². The van der Waals surface area contributed by atoms with E-state index in [1.165, 1.54) is 0 Å². The summed E-state index contributed by atoms with van der Waals surface area (Å²) in [6, 6.07) is 25.2. The molecule has 0 amide bonds. The smallest absolute Gasteiger partial charge is 0.333 e. The monoisotopic (exact) mass is 775 g/mol. The molecule has 0 aliphatic carbocycles. The molecule has 11 heteroatoms. The van der Waals surface area contributed by atoms with E-state index in [9.17, 15) is 19.2 Å². The molecule has 5 aromatic rings. The van der Waals surface area contributed by atoms with E-state index in [2.05, 4.69) is 31.6 Å². The molecule has 3 unspecified atom stereocenters. The van der Waals surface area contributed by atoms with Crippen LogP contribution in [0.5, 0.6) is 11.5 Å². The van der Waals surface area contributed by atoms with E-state index < -0.39 is 24.5 Å². The number of aromatic nitrogens is 1. The summed E-state index contributed by atoms with van der Waals surface area (Å²) in [7, 11) is 0. The molecule has 1 aromatic heterocycles. The normalized spacial score (nSPS) is 12.7. The van der Waals surface area contributed by atoms with Gasteiger partial charge in [0.1, 0.15) is 24.7 Å². The number of ketones is 2. The van der Waals surface area contributed by atoms with Crippen LogP contribution >= 0.6 is 0 Å². The van der Waals surface area contributed by atoms with Crippen molar-refractivity contribution in [2.24, 2.45) is 0 Å². The lowest BCUT2D eigenvalue weighted by molar-refractivity contribution is -0.144. The van der Waals surface area contributed by atoms with Crippen molar-refractivity contribution in [1.29, 1.82) is 0 Å². The van der Waals surface area contributed by atoms with Crippen LogP contribution in [0.3, 0.4) is 0 Å². The molecule has 5 rings (SSSR count). The second kappa shape index (κ2) is 19.2. The van der Waals surface area contributed by atoms with Crippen LogP contribution < -0.4 is 9.47 Å². The van der Waals surface area contributed by atoms with Gasteiger partial charge in [-0.05, 0) is 102 Å². The van der Waals surface area contributed by atoms with Gasteiger partial charge in [0.05, 0.1) is 13.2 Å². The molecule has 11 nitrogen and oxygen atoms in total. The molecule has 3 atom stereocenters. The van der Waals surface area contributed by atoms with Gasteiger partial charge in [0, 0.05) is 61.2 Å². The predicted octanol–water partition coefficient (Wildman–Crippen LogP) is 8.95. The SMILES string of the molecule is C=C(C)C(=O)OCCOC(C)Oc1cccc(C(=O)c2ccc3c(c2)c2cc(C(=O)c4cccc(OC(C)OCCOC(=O)C(=C)C)c4)ccc2n3C(C)CC)c1. The number of hydrogen-bond acceptors (Lipinski definition) is 10. The summed E-state index contributed by atoms with van der Waals surface area (Å²) in [6.07, 6.45) is -0.450. The Morgan fingerprint density at radius 2 is 0.982 bits per heavy atom. The summed E-state index contributed by atoms with van der Waals surface area (Å²) < 4.78 is 35.4. The topological polar surface area (TPSA) is 129 Å². The third-order valence-electron chi connectivity index (χ3n) is 9.19. The third-order valence-corrected chi connectivity index (χ3v) is 9.19. The molecule has 4 aromatic carbocycles. The Morgan fingerprint density at radius 3 is 1.37 bits per heavy atom. The van der Waals surface area contributed by atoms with Crippen molar-refractivity contribution in [3.8, 4) is 11.5 Å². The van der Waals surface area contributed by atoms with Crippen LogP contribution in [0.4, 0.5) is 0 Å². The molecular formula is C46H49NO10. The fourth-order valence-corrected chi connectivity index (χ4v) is 6.14. The van der Waals surface area contributed by atoms with Crippen molar-refractivity contribution in [2.45, 2.75) is 66.6 Å². The second-order valence-corrected chi connectivity index (χ2v) is 13.8. The van der Waals surface area contributed by atoms with Gasteiger partial charge in [-0.25, -0.2) is 9.59 Å². The Morgan fingerprint density at radius 1 is 0.579 bits per heavy atom. The van der Waals surface area contributed by atoms with Gasteiger partial charge >= 0.3 is 11.9 Å². The number of benzene rings is 4. The van der Waals surface area contributed by atoms with Crippen LogP contribution in [-0.4, -0.2) is 67.1 Å². The minimum absolute atomic E-state index is 0.0565. The first-order chi connectivity index (χ1) is 27.3. The highest BCUT2D eigenvalue weighted by molar-refractivity contribution is 6.17. The molecule has 0 saturated carbocycles.